The van der Waals surface area contributed by atoms with Crippen molar-refractivity contribution in [2.24, 2.45) is 11.8 Å². The lowest BCUT2D eigenvalue weighted by Crippen LogP contribution is -2.29. The van der Waals surface area contributed by atoms with Crippen LogP contribution < -0.4 is 0 Å². The number of carbonyl (C=O) groups excluding carboxylic acids is 1. The lowest BCUT2D eigenvalue weighted by molar-refractivity contribution is 0.0776. The van der Waals surface area contributed by atoms with E-state index in [1.54, 1.807) is 15.8 Å². The van der Waals surface area contributed by atoms with E-state index >= 15 is 0 Å². The average Bonchev–Trinajstić information content (AvgIpc) is 3.04. The number of amides is 1. The van der Waals surface area contributed by atoms with Gasteiger partial charge in [-0.3, -0.25) is 9.48 Å². The molecule has 1 aliphatic rings. The SMILES string of the molecule is CC(C)CCn1cc(C(=O)N2CCC(CO)C2)nn1. The van der Waals surface area contributed by atoms with Gasteiger partial charge >= 0.3 is 0 Å². The summed E-state index contributed by atoms with van der Waals surface area (Å²) in [7, 11) is 0. The van der Waals surface area contributed by atoms with Crippen molar-refractivity contribution in [1.82, 2.24) is 19.9 Å². The van der Waals surface area contributed by atoms with Crippen molar-refractivity contribution in [3.05, 3.63) is 11.9 Å². The lowest BCUT2D eigenvalue weighted by Gasteiger charge is -2.13. The number of hydrogen-bond acceptors (Lipinski definition) is 4. The molecule has 2 heterocycles. The van der Waals surface area contributed by atoms with Crippen LogP contribution in [0.25, 0.3) is 0 Å². The first-order valence-electron chi connectivity index (χ1n) is 6.90. The summed E-state index contributed by atoms with van der Waals surface area (Å²) in [6, 6.07) is 0. The standard InChI is InChI=1S/C13H22N4O2/c1-10(2)3-6-17-8-12(14-15-17)13(19)16-5-4-11(7-16)9-18/h8,10-11,18H,3-7,9H2,1-2H3. The Morgan fingerprint density at radius 2 is 2.37 bits per heavy atom. The molecular formula is C13H22N4O2. The molecule has 0 bridgehead atoms. The van der Waals surface area contributed by atoms with Gasteiger partial charge in [0, 0.05) is 32.2 Å². The van der Waals surface area contributed by atoms with Gasteiger partial charge in [-0.1, -0.05) is 19.1 Å². The zero-order valence-electron chi connectivity index (χ0n) is 11.6. The Hall–Kier alpha value is -1.43. The summed E-state index contributed by atoms with van der Waals surface area (Å²) in [5.74, 6) is 0.735. The summed E-state index contributed by atoms with van der Waals surface area (Å²) in [5.41, 5.74) is 0.405. The molecular weight excluding hydrogens is 244 g/mol. The smallest absolute Gasteiger partial charge is 0.276 e. The van der Waals surface area contributed by atoms with Crippen molar-refractivity contribution in [3.8, 4) is 0 Å². The fourth-order valence-corrected chi connectivity index (χ4v) is 2.22. The normalized spacial score (nSPS) is 19.4. The lowest BCUT2D eigenvalue weighted by atomic mass is 10.1. The van der Waals surface area contributed by atoms with Crippen LogP contribution in [0, 0.1) is 11.8 Å². The van der Waals surface area contributed by atoms with E-state index in [2.05, 4.69) is 24.2 Å². The van der Waals surface area contributed by atoms with Crippen LogP contribution in [0.2, 0.25) is 0 Å². The second-order valence-electron chi connectivity index (χ2n) is 5.64. The zero-order chi connectivity index (χ0) is 13.8. The molecule has 0 aromatic carbocycles. The van der Waals surface area contributed by atoms with Crippen LogP contribution >= 0.6 is 0 Å². The summed E-state index contributed by atoms with van der Waals surface area (Å²) in [4.78, 5) is 13.9. The highest BCUT2D eigenvalue weighted by molar-refractivity contribution is 5.92. The minimum absolute atomic E-state index is 0.0771. The summed E-state index contributed by atoms with van der Waals surface area (Å²) < 4.78 is 1.73. The maximum atomic E-state index is 12.2. The fourth-order valence-electron chi connectivity index (χ4n) is 2.22. The Labute approximate surface area is 113 Å². The second-order valence-corrected chi connectivity index (χ2v) is 5.64. The number of aliphatic hydroxyl groups excluding tert-OH is 1. The van der Waals surface area contributed by atoms with Crippen LogP contribution in [-0.2, 0) is 6.54 Å². The average molecular weight is 266 g/mol. The van der Waals surface area contributed by atoms with E-state index in [4.69, 9.17) is 5.11 Å². The number of aryl methyl sites for hydroxylation is 1. The molecule has 0 radical (unpaired) electrons. The molecule has 6 nitrogen and oxygen atoms in total. The van der Waals surface area contributed by atoms with E-state index in [0.717, 1.165) is 19.4 Å². The molecule has 19 heavy (non-hydrogen) atoms. The number of nitrogens with zero attached hydrogens (tertiary/aromatic N) is 4. The van der Waals surface area contributed by atoms with Gasteiger partial charge in [-0.15, -0.1) is 5.10 Å². The van der Waals surface area contributed by atoms with Crippen LogP contribution in [0.4, 0.5) is 0 Å². The third kappa shape index (κ3) is 3.53. The fraction of sp³-hybridized carbons (Fsp3) is 0.769. The first-order valence-corrected chi connectivity index (χ1v) is 6.90. The van der Waals surface area contributed by atoms with Gasteiger partial charge < -0.3 is 10.0 Å². The third-order valence-electron chi connectivity index (χ3n) is 3.52. The van der Waals surface area contributed by atoms with Crippen LogP contribution in [0.5, 0.6) is 0 Å². The van der Waals surface area contributed by atoms with Gasteiger partial charge in [0.15, 0.2) is 5.69 Å². The quantitative estimate of drug-likeness (QED) is 0.855. The molecule has 106 valence electrons. The predicted molar refractivity (Wildman–Crippen MR) is 70.6 cm³/mol. The van der Waals surface area contributed by atoms with Gasteiger partial charge in [0.25, 0.3) is 5.91 Å². The maximum absolute atomic E-state index is 12.2. The maximum Gasteiger partial charge on any atom is 0.276 e. The number of carbonyl (C=O) groups is 1. The van der Waals surface area contributed by atoms with E-state index in [0.29, 0.717) is 24.7 Å². The Bertz CT molecular complexity index is 430. The minimum Gasteiger partial charge on any atom is -0.396 e. The van der Waals surface area contributed by atoms with Crippen molar-refractivity contribution in [2.75, 3.05) is 19.7 Å². The molecule has 1 unspecified atom stereocenters. The van der Waals surface area contributed by atoms with Gasteiger partial charge in [0.2, 0.25) is 0 Å². The van der Waals surface area contributed by atoms with Crippen LogP contribution in [0.1, 0.15) is 37.2 Å². The van der Waals surface area contributed by atoms with E-state index in [1.807, 2.05) is 0 Å². The van der Waals surface area contributed by atoms with Gasteiger partial charge in [-0.05, 0) is 18.8 Å². The van der Waals surface area contributed by atoms with Crippen LogP contribution in [0.15, 0.2) is 6.20 Å². The highest BCUT2D eigenvalue weighted by Crippen LogP contribution is 2.17. The van der Waals surface area contributed by atoms with E-state index in [1.165, 1.54) is 0 Å². The van der Waals surface area contributed by atoms with Crippen molar-refractivity contribution in [3.63, 3.8) is 0 Å². The molecule has 1 saturated heterocycles. The topological polar surface area (TPSA) is 71.2 Å². The molecule has 1 aromatic heterocycles. The molecule has 0 spiro atoms. The van der Waals surface area contributed by atoms with E-state index < -0.39 is 0 Å². The number of rotatable bonds is 5. The number of hydrogen-bond donors (Lipinski definition) is 1. The van der Waals surface area contributed by atoms with E-state index in [9.17, 15) is 4.79 Å². The number of aromatic nitrogens is 3. The molecule has 0 aliphatic carbocycles. The third-order valence-corrected chi connectivity index (χ3v) is 3.52. The van der Waals surface area contributed by atoms with Crippen molar-refractivity contribution in [1.29, 1.82) is 0 Å². The summed E-state index contributed by atoms with van der Waals surface area (Å²) in [5, 5.41) is 17.0. The van der Waals surface area contributed by atoms with Gasteiger partial charge in [-0.2, -0.15) is 0 Å². The molecule has 1 amide bonds. The molecule has 0 saturated carbocycles. The zero-order valence-corrected chi connectivity index (χ0v) is 11.6. The molecule has 1 aliphatic heterocycles. The summed E-state index contributed by atoms with van der Waals surface area (Å²) in [6.45, 7) is 6.56. The highest BCUT2D eigenvalue weighted by Gasteiger charge is 2.27. The molecule has 1 fully saturated rings. The van der Waals surface area contributed by atoms with Gasteiger partial charge in [0.05, 0.1) is 6.20 Å². The van der Waals surface area contributed by atoms with Crippen molar-refractivity contribution in [2.45, 2.75) is 33.2 Å². The first-order chi connectivity index (χ1) is 9.10. The Morgan fingerprint density at radius 3 is 3.00 bits per heavy atom. The van der Waals surface area contributed by atoms with E-state index in [-0.39, 0.29) is 18.4 Å². The molecule has 2 rings (SSSR count). The molecule has 1 aromatic rings. The van der Waals surface area contributed by atoms with Crippen molar-refractivity contribution >= 4 is 5.91 Å². The number of aliphatic hydroxyl groups is 1. The number of likely N-dealkylation sites (tertiary alicyclic amines) is 1. The Kier molecular flexibility index (Phi) is 4.52. The Morgan fingerprint density at radius 1 is 1.58 bits per heavy atom. The minimum atomic E-state index is -0.0771. The largest absolute Gasteiger partial charge is 0.396 e. The summed E-state index contributed by atoms with van der Waals surface area (Å²) in [6.07, 6.45) is 3.61. The molecule has 1 N–H and O–H groups in total. The Balaban J connectivity index is 1.93. The second kappa shape index (κ2) is 6.14. The summed E-state index contributed by atoms with van der Waals surface area (Å²) >= 11 is 0. The molecule has 1 atom stereocenters. The molecule has 6 heteroatoms. The first kappa shape index (κ1) is 14.0. The predicted octanol–water partition coefficient (Wildman–Crippen LogP) is 0.779. The highest BCUT2D eigenvalue weighted by atomic mass is 16.3. The van der Waals surface area contributed by atoms with Crippen LogP contribution in [-0.4, -0.2) is 50.6 Å². The van der Waals surface area contributed by atoms with Crippen molar-refractivity contribution < 1.29 is 9.90 Å². The van der Waals surface area contributed by atoms with Crippen LogP contribution in [0.3, 0.4) is 0 Å². The monoisotopic (exact) mass is 266 g/mol. The van der Waals surface area contributed by atoms with Gasteiger partial charge in [0.1, 0.15) is 0 Å². The van der Waals surface area contributed by atoms with Gasteiger partial charge in [-0.25, -0.2) is 0 Å².